The first-order valence-electron chi connectivity index (χ1n) is 5.94. The summed E-state index contributed by atoms with van der Waals surface area (Å²) in [6, 6.07) is 1.46. The zero-order valence-corrected chi connectivity index (χ0v) is 10.4. The van der Waals surface area contributed by atoms with Gasteiger partial charge in [0.25, 0.3) is 0 Å². The van der Waals surface area contributed by atoms with E-state index in [-0.39, 0.29) is 0 Å². The lowest BCUT2D eigenvalue weighted by Gasteiger charge is -2.40. The van der Waals surface area contributed by atoms with Crippen molar-refractivity contribution in [3.63, 3.8) is 0 Å². The van der Waals surface area contributed by atoms with Crippen molar-refractivity contribution in [1.82, 2.24) is 10.2 Å². The van der Waals surface area contributed by atoms with E-state index in [1.165, 1.54) is 13.0 Å². The second-order valence-electron chi connectivity index (χ2n) is 5.41. The predicted molar refractivity (Wildman–Crippen MR) is 62.5 cm³/mol. The van der Waals surface area contributed by atoms with Crippen molar-refractivity contribution >= 4 is 0 Å². The fraction of sp³-hybridized carbons (Fsp3) is 1.00. The first-order chi connectivity index (χ1) is 6.50. The molecule has 0 amide bonds. The molecule has 1 heterocycles. The van der Waals surface area contributed by atoms with Gasteiger partial charge in [0.1, 0.15) is 0 Å². The molecule has 2 nitrogen and oxygen atoms in total. The van der Waals surface area contributed by atoms with Crippen LogP contribution in [-0.2, 0) is 0 Å². The Morgan fingerprint density at radius 3 is 2.57 bits per heavy atom. The largest absolute Gasteiger partial charge is 0.313 e. The van der Waals surface area contributed by atoms with Gasteiger partial charge in [0.15, 0.2) is 0 Å². The van der Waals surface area contributed by atoms with Gasteiger partial charge in [0, 0.05) is 18.6 Å². The summed E-state index contributed by atoms with van der Waals surface area (Å²) in [5.41, 5.74) is 0. The highest BCUT2D eigenvalue weighted by Gasteiger charge is 2.28. The summed E-state index contributed by atoms with van der Waals surface area (Å²) in [4.78, 5) is 2.47. The molecule has 0 saturated carbocycles. The minimum Gasteiger partial charge on any atom is -0.313 e. The summed E-state index contributed by atoms with van der Waals surface area (Å²) >= 11 is 0. The lowest BCUT2D eigenvalue weighted by Crippen LogP contribution is -2.51. The standard InChI is InChI=1S/C12H26N2/c1-9(2)7-13-12-6-11(4)14(5)8-10(12)3/h9-13H,6-8H2,1-5H3/t10-,11-,12-/m1/s1. The highest BCUT2D eigenvalue weighted by atomic mass is 15.2. The van der Waals surface area contributed by atoms with Gasteiger partial charge in [-0.2, -0.15) is 0 Å². The number of nitrogens with one attached hydrogen (secondary N) is 1. The van der Waals surface area contributed by atoms with Crippen LogP contribution in [0.15, 0.2) is 0 Å². The molecule has 0 aromatic carbocycles. The van der Waals surface area contributed by atoms with E-state index in [0.717, 1.165) is 30.5 Å². The molecule has 1 fully saturated rings. The van der Waals surface area contributed by atoms with Crippen LogP contribution in [0, 0.1) is 11.8 Å². The number of hydrogen-bond acceptors (Lipinski definition) is 2. The first-order valence-corrected chi connectivity index (χ1v) is 5.94. The third-order valence-corrected chi connectivity index (χ3v) is 3.40. The Hall–Kier alpha value is -0.0800. The topological polar surface area (TPSA) is 15.3 Å². The molecule has 84 valence electrons. The van der Waals surface area contributed by atoms with Crippen molar-refractivity contribution in [3.05, 3.63) is 0 Å². The van der Waals surface area contributed by atoms with Crippen molar-refractivity contribution in [3.8, 4) is 0 Å². The Labute approximate surface area is 89.1 Å². The SMILES string of the molecule is CC(C)CN[C@@H]1C[C@@H](C)N(C)C[C@H]1C. The van der Waals surface area contributed by atoms with E-state index >= 15 is 0 Å². The normalized spacial score (nSPS) is 35.1. The van der Waals surface area contributed by atoms with Gasteiger partial charge < -0.3 is 10.2 Å². The van der Waals surface area contributed by atoms with Crippen LogP contribution in [0.4, 0.5) is 0 Å². The van der Waals surface area contributed by atoms with E-state index in [9.17, 15) is 0 Å². The number of piperidine rings is 1. The summed E-state index contributed by atoms with van der Waals surface area (Å²) in [6.07, 6.45) is 1.30. The van der Waals surface area contributed by atoms with Crippen LogP contribution >= 0.6 is 0 Å². The lowest BCUT2D eigenvalue weighted by molar-refractivity contribution is 0.120. The van der Waals surface area contributed by atoms with Gasteiger partial charge in [0.2, 0.25) is 0 Å². The average molecular weight is 198 g/mol. The van der Waals surface area contributed by atoms with Crippen LogP contribution < -0.4 is 5.32 Å². The fourth-order valence-corrected chi connectivity index (χ4v) is 2.21. The quantitative estimate of drug-likeness (QED) is 0.746. The molecular weight excluding hydrogens is 172 g/mol. The maximum Gasteiger partial charge on any atom is 0.0120 e. The Balaban J connectivity index is 2.37. The van der Waals surface area contributed by atoms with Crippen molar-refractivity contribution in [2.75, 3.05) is 20.1 Å². The Kier molecular flexibility index (Phi) is 4.39. The molecule has 1 rings (SSSR count). The minimum absolute atomic E-state index is 0.726. The Bertz CT molecular complexity index is 168. The van der Waals surface area contributed by atoms with Crippen molar-refractivity contribution in [1.29, 1.82) is 0 Å². The van der Waals surface area contributed by atoms with Crippen LogP contribution in [0.2, 0.25) is 0 Å². The highest BCUT2D eigenvalue weighted by molar-refractivity contribution is 4.86. The minimum atomic E-state index is 0.726. The predicted octanol–water partition coefficient (Wildman–Crippen LogP) is 1.96. The molecule has 2 heteroatoms. The third kappa shape index (κ3) is 3.25. The number of rotatable bonds is 3. The van der Waals surface area contributed by atoms with Gasteiger partial charge in [-0.15, -0.1) is 0 Å². The molecule has 3 atom stereocenters. The van der Waals surface area contributed by atoms with Crippen molar-refractivity contribution in [2.45, 2.75) is 46.2 Å². The summed E-state index contributed by atoms with van der Waals surface area (Å²) in [5.74, 6) is 1.55. The molecule has 0 bridgehead atoms. The summed E-state index contributed by atoms with van der Waals surface area (Å²) in [5, 5.41) is 3.70. The summed E-state index contributed by atoms with van der Waals surface area (Å²) in [7, 11) is 2.24. The monoisotopic (exact) mass is 198 g/mol. The molecule has 1 aliphatic rings. The molecule has 0 aromatic heterocycles. The van der Waals surface area contributed by atoms with Crippen LogP contribution in [0.5, 0.6) is 0 Å². The van der Waals surface area contributed by atoms with E-state index < -0.39 is 0 Å². The highest BCUT2D eigenvalue weighted by Crippen LogP contribution is 2.20. The Morgan fingerprint density at radius 1 is 1.36 bits per heavy atom. The maximum absolute atomic E-state index is 3.70. The molecule has 1 saturated heterocycles. The smallest absolute Gasteiger partial charge is 0.0120 e. The zero-order chi connectivity index (χ0) is 10.7. The molecule has 1 N–H and O–H groups in total. The molecule has 0 aliphatic carbocycles. The van der Waals surface area contributed by atoms with Gasteiger partial charge in [-0.1, -0.05) is 20.8 Å². The number of hydrogen-bond donors (Lipinski definition) is 1. The van der Waals surface area contributed by atoms with Gasteiger partial charge in [-0.25, -0.2) is 0 Å². The van der Waals surface area contributed by atoms with Crippen molar-refractivity contribution < 1.29 is 0 Å². The average Bonchev–Trinajstić information content (AvgIpc) is 2.09. The van der Waals surface area contributed by atoms with Crippen LogP contribution in [0.25, 0.3) is 0 Å². The molecule has 0 aromatic rings. The lowest BCUT2D eigenvalue weighted by atomic mass is 9.89. The van der Waals surface area contributed by atoms with Crippen LogP contribution in [-0.4, -0.2) is 37.1 Å². The third-order valence-electron chi connectivity index (χ3n) is 3.40. The second-order valence-corrected chi connectivity index (χ2v) is 5.41. The fourth-order valence-electron chi connectivity index (χ4n) is 2.21. The summed E-state index contributed by atoms with van der Waals surface area (Å²) < 4.78 is 0. The van der Waals surface area contributed by atoms with Gasteiger partial charge in [0.05, 0.1) is 0 Å². The van der Waals surface area contributed by atoms with E-state index in [1.54, 1.807) is 0 Å². The number of likely N-dealkylation sites (tertiary alicyclic amines) is 1. The Morgan fingerprint density at radius 2 is 2.00 bits per heavy atom. The van der Waals surface area contributed by atoms with E-state index in [0.29, 0.717) is 0 Å². The van der Waals surface area contributed by atoms with E-state index in [2.05, 4.69) is 45.0 Å². The molecule has 1 aliphatic heterocycles. The van der Waals surface area contributed by atoms with Gasteiger partial charge in [-0.05, 0) is 38.8 Å². The van der Waals surface area contributed by atoms with Crippen molar-refractivity contribution in [2.24, 2.45) is 11.8 Å². The zero-order valence-electron chi connectivity index (χ0n) is 10.4. The van der Waals surface area contributed by atoms with E-state index in [1.807, 2.05) is 0 Å². The maximum atomic E-state index is 3.70. The van der Waals surface area contributed by atoms with Gasteiger partial charge in [-0.3, -0.25) is 0 Å². The van der Waals surface area contributed by atoms with E-state index in [4.69, 9.17) is 0 Å². The van der Waals surface area contributed by atoms with Crippen LogP contribution in [0.3, 0.4) is 0 Å². The second kappa shape index (κ2) is 5.13. The molecule has 14 heavy (non-hydrogen) atoms. The van der Waals surface area contributed by atoms with Crippen LogP contribution in [0.1, 0.15) is 34.1 Å². The number of nitrogens with zero attached hydrogens (tertiary/aromatic N) is 1. The first kappa shape index (κ1) is 12.0. The molecular formula is C12H26N2. The molecule has 0 spiro atoms. The van der Waals surface area contributed by atoms with Gasteiger partial charge >= 0.3 is 0 Å². The summed E-state index contributed by atoms with van der Waals surface area (Å²) in [6.45, 7) is 11.6. The molecule has 0 radical (unpaired) electrons. The molecule has 0 unspecified atom stereocenters.